The molecule has 84 valence electrons. The maximum absolute atomic E-state index is 2.65. The molecule has 1 saturated heterocycles. The Morgan fingerprint density at radius 1 is 1.21 bits per heavy atom. The molecular weight excluding hydrogens is 170 g/mol. The Bertz CT molecular complexity index is 165. The van der Waals surface area contributed by atoms with E-state index in [1.807, 2.05) is 0 Å². The zero-order valence-electron chi connectivity index (χ0n) is 10.5. The van der Waals surface area contributed by atoms with Crippen LogP contribution in [0.4, 0.5) is 0 Å². The molecule has 1 nitrogen and oxygen atoms in total. The van der Waals surface area contributed by atoms with Crippen LogP contribution in [0.3, 0.4) is 0 Å². The van der Waals surface area contributed by atoms with E-state index in [2.05, 4.69) is 32.6 Å². The first-order valence-electron chi connectivity index (χ1n) is 6.31. The van der Waals surface area contributed by atoms with E-state index in [1.54, 1.807) is 0 Å². The lowest BCUT2D eigenvalue weighted by Gasteiger charge is -2.32. The van der Waals surface area contributed by atoms with Gasteiger partial charge in [-0.25, -0.2) is 0 Å². The van der Waals surface area contributed by atoms with Crippen LogP contribution in [0.15, 0.2) is 0 Å². The summed E-state index contributed by atoms with van der Waals surface area (Å²) in [5, 5.41) is 0. The minimum absolute atomic E-state index is 0.600. The molecule has 1 heterocycles. The molecule has 1 aliphatic rings. The molecule has 0 radical (unpaired) electrons. The van der Waals surface area contributed by atoms with E-state index in [0.717, 1.165) is 5.92 Å². The molecule has 0 spiro atoms. The van der Waals surface area contributed by atoms with Gasteiger partial charge in [-0.15, -0.1) is 0 Å². The zero-order valence-corrected chi connectivity index (χ0v) is 10.5. The van der Waals surface area contributed by atoms with Gasteiger partial charge in [0.05, 0.1) is 0 Å². The van der Waals surface area contributed by atoms with Gasteiger partial charge in [0, 0.05) is 0 Å². The Morgan fingerprint density at radius 3 is 2.50 bits per heavy atom. The van der Waals surface area contributed by atoms with Crippen LogP contribution in [-0.2, 0) is 0 Å². The second kappa shape index (κ2) is 5.16. The second-order valence-corrected chi connectivity index (χ2v) is 5.50. The number of rotatable bonds is 3. The van der Waals surface area contributed by atoms with Crippen molar-refractivity contribution in [1.82, 2.24) is 4.90 Å². The molecule has 1 atom stereocenters. The van der Waals surface area contributed by atoms with Crippen LogP contribution < -0.4 is 0 Å². The summed E-state index contributed by atoms with van der Waals surface area (Å²) >= 11 is 0. The fourth-order valence-corrected chi connectivity index (χ4v) is 2.47. The van der Waals surface area contributed by atoms with Crippen molar-refractivity contribution in [2.75, 3.05) is 19.6 Å². The lowest BCUT2D eigenvalue weighted by molar-refractivity contribution is 0.180. The van der Waals surface area contributed by atoms with E-state index in [9.17, 15) is 0 Å². The molecule has 0 saturated carbocycles. The van der Waals surface area contributed by atoms with Crippen molar-refractivity contribution >= 4 is 0 Å². The maximum atomic E-state index is 2.65. The van der Waals surface area contributed by atoms with Gasteiger partial charge in [-0.3, -0.25) is 0 Å². The summed E-state index contributed by atoms with van der Waals surface area (Å²) in [5.74, 6) is 0.837. The Labute approximate surface area is 89.9 Å². The van der Waals surface area contributed by atoms with Crippen molar-refractivity contribution in [3.8, 4) is 0 Å². The lowest BCUT2D eigenvalue weighted by atomic mass is 9.73. The molecule has 0 aromatic carbocycles. The van der Waals surface area contributed by atoms with Crippen LogP contribution in [0.2, 0.25) is 0 Å². The largest absolute Gasteiger partial charge is 0.303 e. The Morgan fingerprint density at radius 2 is 1.93 bits per heavy atom. The third kappa shape index (κ3) is 2.98. The van der Waals surface area contributed by atoms with Crippen molar-refractivity contribution in [1.29, 1.82) is 0 Å². The van der Waals surface area contributed by atoms with Gasteiger partial charge < -0.3 is 4.90 Å². The van der Waals surface area contributed by atoms with Crippen molar-refractivity contribution in [3.05, 3.63) is 0 Å². The number of nitrogens with zero attached hydrogens (tertiary/aromatic N) is 1. The highest BCUT2D eigenvalue weighted by Gasteiger charge is 2.30. The summed E-state index contributed by atoms with van der Waals surface area (Å²) in [7, 11) is 0. The van der Waals surface area contributed by atoms with E-state index < -0.39 is 0 Å². The molecule has 0 N–H and O–H groups in total. The van der Waals surface area contributed by atoms with Gasteiger partial charge >= 0.3 is 0 Å². The minimum atomic E-state index is 0.600. The zero-order chi connectivity index (χ0) is 10.6. The average molecular weight is 197 g/mol. The molecule has 0 amide bonds. The molecule has 1 aliphatic heterocycles. The number of hydrogen-bond donors (Lipinski definition) is 0. The summed E-state index contributed by atoms with van der Waals surface area (Å²) in [6.45, 7) is 13.5. The summed E-state index contributed by atoms with van der Waals surface area (Å²) in [4.78, 5) is 2.65. The molecule has 1 unspecified atom stereocenters. The SMILES string of the molecule is CCCN1CCCC(C)(C(C)C)CC1. The number of hydrogen-bond acceptors (Lipinski definition) is 1. The van der Waals surface area contributed by atoms with Gasteiger partial charge in [-0.05, 0) is 56.7 Å². The van der Waals surface area contributed by atoms with E-state index in [1.165, 1.54) is 45.3 Å². The van der Waals surface area contributed by atoms with Crippen molar-refractivity contribution in [3.63, 3.8) is 0 Å². The first kappa shape index (κ1) is 12.0. The maximum Gasteiger partial charge on any atom is -0.00134 e. The van der Waals surface area contributed by atoms with Crippen LogP contribution in [-0.4, -0.2) is 24.5 Å². The number of likely N-dealkylation sites (tertiary alicyclic amines) is 1. The Kier molecular flexibility index (Phi) is 4.43. The standard InChI is InChI=1S/C13H27N/c1-5-9-14-10-6-7-13(4,8-11-14)12(2)3/h12H,5-11H2,1-4H3. The fourth-order valence-electron chi connectivity index (χ4n) is 2.47. The van der Waals surface area contributed by atoms with Crippen LogP contribution in [0.1, 0.15) is 53.4 Å². The highest BCUT2D eigenvalue weighted by molar-refractivity contribution is 4.82. The molecule has 0 aromatic heterocycles. The van der Waals surface area contributed by atoms with Crippen molar-refractivity contribution in [2.24, 2.45) is 11.3 Å². The molecule has 14 heavy (non-hydrogen) atoms. The van der Waals surface area contributed by atoms with Gasteiger partial charge in [0.15, 0.2) is 0 Å². The topological polar surface area (TPSA) is 3.24 Å². The summed E-state index contributed by atoms with van der Waals surface area (Å²) in [5.41, 5.74) is 0.600. The van der Waals surface area contributed by atoms with Crippen LogP contribution in [0.25, 0.3) is 0 Å². The highest BCUT2D eigenvalue weighted by Crippen LogP contribution is 2.37. The summed E-state index contributed by atoms with van der Waals surface area (Å²) in [6.07, 6.45) is 5.52. The average Bonchev–Trinajstić information content (AvgIpc) is 2.30. The van der Waals surface area contributed by atoms with Gasteiger partial charge in [-0.1, -0.05) is 27.7 Å². The monoisotopic (exact) mass is 197 g/mol. The summed E-state index contributed by atoms with van der Waals surface area (Å²) in [6, 6.07) is 0. The highest BCUT2D eigenvalue weighted by atomic mass is 15.1. The lowest BCUT2D eigenvalue weighted by Crippen LogP contribution is -2.28. The van der Waals surface area contributed by atoms with Crippen molar-refractivity contribution < 1.29 is 0 Å². The quantitative estimate of drug-likeness (QED) is 0.669. The van der Waals surface area contributed by atoms with Gasteiger partial charge in [0.25, 0.3) is 0 Å². The third-order valence-corrected chi connectivity index (χ3v) is 4.16. The molecule has 0 aliphatic carbocycles. The van der Waals surface area contributed by atoms with Crippen molar-refractivity contribution in [2.45, 2.75) is 53.4 Å². The smallest absolute Gasteiger partial charge is 0.00134 e. The first-order chi connectivity index (χ1) is 6.58. The first-order valence-corrected chi connectivity index (χ1v) is 6.31. The van der Waals surface area contributed by atoms with E-state index >= 15 is 0 Å². The Balaban J connectivity index is 2.47. The van der Waals surface area contributed by atoms with Gasteiger partial charge in [0.1, 0.15) is 0 Å². The normalized spacial score (nSPS) is 30.6. The van der Waals surface area contributed by atoms with E-state index in [4.69, 9.17) is 0 Å². The molecular formula is C13H27N. The molecule has 1 fully saturated rings. The molecule has 1 rings (SSSR count). The van der Waals surface area contributed by atoms with Crippen LogP contribution in [0, 0.1) is 11.3 Å². The van der Waals surface area contributed by atoms with Gasteiger partial charge in [-0.2, -0.15) is 0 Å². The summed E-state index contributed by atoms with van der Waals surface area (Å²) < 4.78 is 0. The van der Waals surface area contributed by atoms with Crippen LogP contribution in [0.5, 0.6) is 0 Å². The Hall–Kier alpha value is -0.0400. The van der Waals surface area contributed by atoms with Gasteiger partial charge in [0.2, 0.25) is 0 Å². The van der Waals surface area contributed by atoms with Crippen LogP contribution >= 0.6 is 0 Å². The predicted octanol–water partition coefficient (Wildman–Crippen LogP) is 3.54. The predicted molar refractivity (Wildman–Crippen MR) is 63.5 cm³/mol. The van der Waals surface area contributed by atoms with E-state index in [0.29, 0.717) is 5.41 Å². The molecule has 1 heteroatoms. The third-order valence-electron chi connectivity index (χ3n) is 4.16. The fraction of sp³-hybridized carbons (Fsp3) is 1.00. The molecule has 0 bridgehead atoms. The van der Waals surface area contributed by atoms with E-state index in [-0.39, 0.29) is 0 Å². The second-order valence-electron chi connectivity index (χ2n) is 5.50. The molecule has 0 aromatic rings. The minimum Gasteiger partial charge on any atom is -0.303 e.